The predicted molar refractivity (Wildman–Crippen MR) is 68.8 cm³/mol. The van der Waals surface area contributed by atoms with Gasteiger partial charge in [-0.2, -0.15) is 0 Å². The number of amides is 1. The van der Waals surface area contributed by atoms with Gasteiger partial charge in [0.2, 0.25) is 5.91 Å². The summed E-state index contributed by atoms with van der Waals surface area (Å²) in [6, 6.07) is 11.2. The number of carbonyl (C=O) groups excluding carboxylic acids is 1. The molecule has 2 N–H and O–H groups in total. The van der Waals surface area contributed by atoms with Crippen molar-refractivity contribution in [3.8, 4) is 0 Å². The number of hydrogen-bond acceptors (Lipinski definition) is 2. The minimum Gasteiger partial charge on any atom is -0.360 e. The Morgan fingerprint density at radius 2 is 2.24 bits per heavy atom. The Balaban J connectivity index is 2.13. The van der Waals surface area contributed by atoms with Gasteiger partial charge in [-0.05, 0) is 30.3 Å². The maximum atomic E-state index is 10.9. The van der Waals surface area contributed by atoms with Crippen LogP contribution in [0.2, 0.25) is 0 Å². The molecule has 0 saturated heterocycles. The summed E-state index contributed by atoms with van der Waals surface area (Å²) >= 11 is 0. The Morgan fingerprint density at radius 1 is 1.35 bits per heavy atom. The molecule has 2 rings (SSSR count). The molecule has 4 nitrogen and oxygen atoms in total. The van der Waals surface area contributed by atoms with Crippen molar-refractivity contribution in [2.24, 2.45) is 4.99 Å². The fourth-order valence-corrected chi connectivity index (χ4v) is 1.44. The van der Waals surface area contributed by atoms with Crippen molar-refractivity contribution in [2.75, 3.05) is 5.32 Å². The van der Waals surface area contributed by atoms with Gasteiger partial charge in [0.1, 0.15) is 0 Å². The standard InChI is InChI=1S/C13H13N3O/c1-10(17)16-12-5-2-4-11(8-12)15-9-13-6-3-7-14-13/h2-9,14H,1H3,(H,16,17). The second-order valence-corrected chi connectivity index (χ2v) is 3.62. The minimum absolute atomic E-state index is 0.0875. The lowest BCUT2D eigenvalue weighted by Crippen LogP contribution is -2.05. The van der Waals surface area contributed by atoms with E-state index in [-0.39, 0.29) is 5.91 Å². The molecule has 0 spiro atoms. The van der Waals surface area contributed by atoms with E-state index in [0.717, 1.165) is 17.1 Å². The molecule has 4 heteroatoms. The second kappa shape index (κ2) is 5.12. The number of H-pyrrole nitrogens is 1. The lowest BCUT2D eigenvalue weighted by atomic mass is 10.3. The third-order valence-electron chi connectivity index (χ3n) is 2.14. The van der Waals surface area contributed by atoms with E-state index in [1.165, 1.54) is 6.92 Å². The molecule has 1 aromatic carbocycles. The normalized spacial score (nSPS) is 10.6. The smallest absolute Gasteiger partial charge is 0.221 e. The topological polar surface area (TPSA) is 57.2 Å². The summed E-state index contributed by atoms with van der Waals surface area (Å²) in [4.78, 5) is 18.3. The Hall–Kier alpha value is -2.36. The van der Waals surface area contributed by atoms with Crippen LogP contribution >= 0.6 is 0 Å². The first-order valence-corrected chi connectivity index (χ1v) is 5.29. The monoisotopic (exact) mass is 227 g/mol. The number of carbonyl (C=O) groups is 1. The Morgan fingerprint density at radius 3 is 2.94 bits per heavy atom. The summed E-state index contributed by atoms with van der Waals surface area (Å²) in [7, 11) is 0. The highest BCUT2D eigenvalue weighted by Crippen LogP contribution is 2.17. The quantitative estimate of drug-likeness (QED) is 0.778. The maximum absolute atomic E-state index is 10.9. The van der Waals surface area contributed by atoms with Gasteiger partial charge in [-0.15, -0.1) is 0 Å². The van der Waals surface area contributed by atoms with Gasteiger partial charge in [0.25, 0.3) is 0 Å². The predicted octanol–water partition coefficient (Wildman–Crippen LogP) is 2.72. The largest absolute Gasteiger partial charge is 0.360 e. The number of anilines is 1. The number of aromatic amines is 1. The van der Waals surface area contributed by atoms with Crippen LogP contribution in [-0.4, -0.2) is 17.1 Å². The molecule has 0 bridgehead atoms. The number of nitrogens with one attached hydrogen (secondary N) is 2. The highest BCUT2D eigenvalue weighted by atomic mass is 16.1. The van der Waals surface area contributed by atoms with Crippen LogP contribution < -0.4 is 5.32 Å². The van der Waals surface area contributed by atoms with Crippen molar-refractivity contribution in [1.82, 2.24) is 4.98 Å². The van der Waals surface area contributed by atoms with E-state index in [4.69, 9.17) is 0 Å². The van der Waals surface area contributed by atoms with Gasteiger partial charge >= 0.3 is 0 Å². The lowest BCUT2D eigenvalue weighted by molar-refractivity contribution is -0.114. The molecule has 0 aliphatic rings. The van der Waals surface area contributed by atoms with Gasteiger partial charge in [-0.1, -0.05) is 6.07 Å². The molecule has 0 unspecified atom stereocenters. The van der Waals surface area contributed by atoms with Crippen LogP contribution in [0.15, 0.2) is 47.6 Å². The van der Waals surface area contributed by atoms with Gasteiger partial charge < -0.3 is 10.3 Å². The zero-order valence-electron chi connectivity index (χ0n) is 9.47. The van der Waals surface area contributed by atoms with Crippen LogP contribution in [0.5, 0.6) is 0 Å². The summed E-state index contributed by atoms with van der Waals surface area (Å²) in [5, 5.41) is 2.72. The molecule has 1 aromatic heterocycles. The summed E-state index contributed by atoms with van der Waals surface area (Å²) < 4.78 is 0. The molecular weight excluding hydrogens is 214 g/mol. The van der Waals surface area contributed by atoms with E-state index >= 15 is 0 Å². The molecule has 0 radical (unpaired) electrons. The molecule has 86 valence electrons. The van der Waals surface area contributed by atoms with Crippen molar-refractivity contribution in [2.45, 2.75) is 6.92 Å². The van der Waals surface area contributed by atoms with E-state index in [0.29, 0.717) is 0 Å². The number of aromatic nitrogens is 1. The van der Waals surface area contributed by atoms with E-state index in [1.807, 2.05) is 42.6 Å². The molecule has 2 aromatic rings. The van der Waals surface area contributed by atoms with Gasteiger partial charge in [0, 0.05) is 18.8 Å². The van der Waals surface area contributed by atoms with Crippen LogP contribution in [0, 0.1) is 0 Å². The van der Waals surface area contributed by atoms with Gasteiger partial charge in [0.15, 0.2) is 0 Å². The average molecular weight is 227 g/mol. The molecule has 0 aliphatic carbocycles. The molecule has 0 saturated carbocycles. The van der Waals surface area contributed by atoms with Gasteiger partial charge in [-0.25, -0.2) is 0 Å². The van der Waals surface area contributed by atoms with Crippen LogP contribution in [0.25, 0.3) is 0 Å². The van der Waals surface area contributed by atoms with Crippen molar-refractivity contribution in [1.29, 1.82) is 0 Å². The molecule has 0 atom stereocenters. The zero-order valence-corrected chi connectivity index (χ0v) is 9.47. The molecular formula is C13H13N3O. The number of aliphatic imine (C=N–C) groups is 1. The average Bonchev–Trinajstić information content (AvgIpc) is 2.79. The van der Waals surface area contributed by atoms with E-state index in [1.54, 1.807) is 6.21 Å². The van der Waals surface area contributed by atoms with Gasteiger partial charge in [0.05, 0.1) is 17.6 Å². The first-order chi connectivity index (χ1) is 8.24. The van der Waals surface area contributed by atoms with Crippen LogP contribution in [0.1, 0.15) is 12.6 Å². The van der Waals surface area contributed by atoms with Crippen LogP contribution in [0.3, 0.4) is 0 Å². The van der Waals surface area contributed by atoms with Crippen LogP contribution in [-0.2, 0) is 4.79 Å². The van der Waals surface area contributed by atoms with E-state index in [9.17, 15) is 4.79 Å². The van der Waals surface area contributed by atoms with E-state index < -0.39 is 0 Å². The fourth-order valence-electron chi connectivity index (χ4n) is 1.44. The third kappa shape index (κ3) is 3.31. The molecule has 0 fully saturated rings. The molecule has 1 amide bonds. The van der Waals surface area contributed by atoms with Crippen molar-refractivity contribution >= 4 is 23.5 Å². The highest BCUT2D eigenvalue weighted by Gasteiger charge is 1.96. The Labute approximate surface area is 99.4 Å². The lowest BCUT2D eigenvalue weighted by Gasteiger charge is -2.01. The zero-order chi connectivity index (χ0) is 12.1. The van der Waals surface area contributed by atoms with Crippen LogP contribution in [0.4, 0.5) is 11.4 Å². The number of hydrogen-bond donors (Lipinski definition) is 2. The molecule has 1 heterocycles. The molecule has 0 aliphatic heterocycles. The first-order valence-electron chi connectivity index (χ1n) is 5.29. The highest BCUT2D eigenvalue weighted by molar-refractivity contribution is 5.89. The number of rotatable bonds is 3. The minimum atomic E-state index is -0.0875. The summed E-state index contributed by atoms with van der Waals surface area (Å²) in [5.74, 6) is -0.0875. The second-order valence-electron chi connectivity index (χ2n) is 3.62. The van der Waals surface area contributed by atoms with Crippen molar-refractivity contribution < 1.29 is 4.79 Å². The number of nitrogens with zero attached hydrogens (tertiary/aromatic N) is 1. The number of benzene rings is 1. The fraction of sp³-hybridized carbons (Fsp3) is 0.0769. The van der Waals surface area contributed by atoms with Crippen molar-refractivity contribution in [3.05, 3.63) is 48.3 Å². The van der Waals surface area contributed by atoms with Crippen molar-refractivity contribution in [3.63, 3.8) is 0 Å². The third-order valence-corrected chi connectivity index (χ3v) is 2.14. The Kier molecular flexibility index (Phi) is 3.35. The summed E-state index contributed by atoms with van der Waals surface area (Å²) in [6.07, 6.45) is 3.59. The summed E-state index contributed by atoms with van der Waals surface area (Å²) in [6.45, 7) is 1.48. The van der Waals surface area contributed by atoms with Gasteiger partial charge in [-0.3, -0.25) is 9.79 Å². The summed E-state index contributed by atoms with van der Waals surface area (Å²) in [5.41, 5.74) is 2.49. The Bertz CT molecular complexity index is 529. The SMILES string of the molecule is CC(=O)Nc1cccc(N=Cc2ccc[nH]2)c1. The van der Waals surface area contributed by atoms with E-state index in [2.05, 4.69) is 15.3 Å². The maximum Gasteiger partial charge on any atom is 0.221 e. The molecule has 17 heavy (non-hydrogen) atoms. The first kappa shape index (κ1) is 11.1.